The first-order valence-corrected chi connectivity index (χ1v) is 9.80. The maximum absolute atomic E-state index is 5.66. The van der Waals surface area contributed by atoms with Crippen LogP contribution in [-0.2, 0) is 4.74 Å². The molecule has 0 saturated carbocycles. The lowest BCUT2D eigenvalue weighted by Crippen LogP contribution is -2.36. The molecule has 7 heteroatoms. The van der Waals surface area contributed by atoms with Crippen molar-refractivity contribution >= 4 is 11.6 Å². The lowest BCUT2D eigenvalue weighted by molar-refractivity contribution is 0.143. The summed E-state index contributed by atoms with van der Waals surface area (Å²) in [4.78, 5) is 7.28. The number of likely N-dealkylation sites (tertiary alicyclic amines) is 1. The van der Waals surface area contributed by atoms with E-state index in [4.69, 9.17) is 19.2 Å². The molecule has 1 aromatic carbocycles. The number of anilines is 1. The average molecular weight is 379 g/mol. The summed E-state index contributed by atoms with van der Waals surface area (Å²) >= 11 is 0. The number of methoxy groups -OCH3 is 2. The molecule has 1 saturated heterocycles. The minimum Gasteiger partial charge on any atom is -0.493 e. The normalized spacial score (nSPS) is 17.8. The first kappa shape index (κ1) is 21.3. The highest BCUT2D eigenvalue weighted by molar-refractivity contribution is 5.93. The quantitative estimate of drug-likeness (QED) is 0.482. The van der Waals surface area contributed by atoms with Gasteiger partial charge in [-0.3, -0.25) is 9.89 Å². The van der Waals surface area contributed by atoms with Gasteiger partial charge in [-0.25, -0.2) is 0 Å². The summed E-state index contributed by atoms with van der Waals surface area (Å²) in [7, 11) is 3.40. The highest BCUT2D eigenvalue weighted by atomic mass is 16.5. The summed E-state index contributed by atoms with van der Waals surface area (Å²) in [5.74, 6) is 2.23. The summed E-state index contributed by atoms with van der Waals surface area (Å²) in [6.07, 6.45) is 2.41. The molecule has 0 radical (unpaired) electrons. The molecule has 2 rings (SSSR count). The summed E-state index contributed by atoms with van der Waals surface area (Å²) in [5.41, 5.74) is 0.918. The van der Waals surface area contributed by atoms with Gasteiger partial charge in [0.2, 0.25) is 0 Å². The Balaban J connectivity index is 2.03. The molecule has 1 aliphatic rings. The van der Waals surface area contributed by atoms with Crippen molar-refractivity contribution in [3.63, 3.8) is 0 Å². The molecule has 1 heterocycles. The molecule has 0 spiro atoms. The van der Waals surface area contributed by atoms with Gasteiger partial charge < -0.3 is 24.8 Å². The second-order valence-corrected chi connectivity index (χ2v) is 6.47. The van der Waals surface area contributed by atoms with E-state index in [1.165, 1.54) is 12.8 Å². The Hall–Kier alpha value is -1.99. The van der Waals surface area contributed by atoms with Gasteiger partial charge in [0.25, 0.3) is 0 Å². The van der Waals surface area contributed by atoms with E-state index in [1.54, 1.807) is 14.2 Å². The molecule has 1 fully saturated rings. The van der Waals surface area contributed by atoms with E-state index in [1.807, 2.05) is 25.1 Å². The lowest BCUT2D eigenvalue weighted by atomic mass is 10.2. The Morgan fingerprint density at radius 2 is 2.11 bits per heavy atom. The zero-order valence-electron chi connectivity index (χ0n) is 17.1. The fraction of sp³-hybridized carbons (Fsp3) is 0.650. The Morgan fingerprint density at radius 1 is 1.26 bits per heavy atom. The molecule has 0 amide bonds. The zero-order valence-corrected chi connectivity index (χ0v) is 17.1. The van der Waals surface area contributed by atoms with Crippen molar-refractivity contribution in [3.05, 3.63) is 18.2 Å². The van der Waals surface area contributed by atoms with Crippen LogP contribution in [0.5, 0.6) is 11.5 Å². The molecule has 1 aromatic rings. The molecule has 27 heavy (non-hydrogen) atoms. The number of benzene rings is 1. The molecular formula is C20H34N4O3. The van der Waals surface area contributed by atoms with Gasteiger partial charge in [0.15, 0.2) is 17.5 Å². The summed E-state index contributed by atoms with van der Waals surface area (Å²) in [6.45, 7) is 9.06. The van der Waals surface area contributed by atoms with Crippen molar-refractivity contribution in [2.75, 3.05) is 58.9 Å². The second kappa shape index (κ2) is 11.7. The minimum atomic E-state index is 0.477. The van der Waals surface area contributed by atoms with Crippen molar-refractivity contribution in [3.8, 4) is 11.5 Å². The van der Waals surface area contributed by atoms with Crippen molar-refractivity contribution in [2.24, 2.45) is 4.99 Å². The Morgan fingerprint density at radius 3 is 2.81 bits per heavy atom. The smallest absolute Gasteiger partial charge is 0.195 e. The Kier molecular flexibility index (Phi) is 9.21. The van der Waals surface area contributed by atoms with Crippen molar-refractivity contribution < 1.29 is 14.2 Å². The van der Waals surface area contributed by atoms with Gasteiger partial charge >= 0.3 is 0 Å². The van der Waals surface area contributed by atoms with Gasteiger partial charge in [0.1, 0.15) is 0 Å². The van der Waals surface area contributed by atoms with Gasteiger partial charge in [-0.1, -0.05) is 0 Å². The van der Waals surface area contributed by atoms with E-state index in [0.29, 0.717) is 12.6 Å². The highest BCUT2D eigenvalue weighted by Crippen LogP contribution is 2.30. The van der Waals surface area contributed by atoms with E-state index >= 15 is 0 Å². The number of guanidine groups is 1. The predicted molar refractivity (Wildman–Crippen MR) is 110 cm³/mol. The molecule has 152 valence electrons. The first-order chi connectivity index (χ1) is 13.2. The molecule has 0 aromatic heterocycles. The first-order valence-electron chi connectivity index (χ1n) is 9.80. The van der Waals surface area contributed by atoms with Gasteiger partial charge in [0, 0.05) is 38.0 Å². The fourth-order valence-electron chi connectivity index (χ4n) is 3.27. The van der Waals surface area contributed by atoms with Crippen LogP contribution >= 0.6 is 0 Å². The van der Waals surface area contributed by atoms with Crippen LogP contribution in [0.15, 0.2) is 23.2 Å². The second-order valence-electron chi connectivity index (χ2n) is 6.47. The number of hydrogen-bond donors (Lipinski definition) is 2. The van der Waals surface area contributed by atoms with E-state index < -0.39 is 0 Å². The number of aliphatic imine (C=N–C) groups is 1. The average Bonchev–Trinajstić information content (AvgIpc) is 3.12. The number of nitrogens with one attached hydrogen (secondary N) is 2. The minimum absolute atomic E-state index is 0.477. The third kappa shape index (κ3) is 6.59. The summed E-state index contributed by atoms with van der Waals surface area (Å²) < 4.78 is 16.2. The highest BCUT2D eigenvalue weighted by Gasteiger charge is 2.23. The van der Waals surface area contributed by atoms with Crippen LogP contribution in [0.2, 0.25) is 0 Å². The maximum Gasteiger partial charge on any atom is 0.195 e. The number of rotatable bonds is 10. The van der Waals surface area contributed by atoms with E-state index in [-0.39, 0.29) is 0 Å². The van der Waals surface area contributed by atoms with Crippen LogP contribution < -0.4 is 20.1 Å². The Bertz CT molecular complexity index is 595. The SMILES string of the molecule is CCNC(=NCC1CCCN1CCOC)Nc1ccc(OC)c(OCC)c1. The molecular weight excluding hydrogens is 344 g/mol. The van der Waals surface area contributed by atoms with Crippen LogP contribution in [-0.4, -0.2) is 70.5 Å². The molecule has 2 N–H and O–H groups in total. The van der Waals surface area contributed by atoms with Gasteiger partial charge in [-0.15, -0.1) is 0 Å². The van der Waals surface area contributed by atoms with Crippen molar-refractivity contribution in [2.45, 2.75) is 32.7 Å². The van der Waals surface area contributed by atoms with Crippen LogP contribution in [0.3, 0.4) is 0 Å². The third-order valence-corrected chi connectivity index (χ3v) is 4.61. The fourth-order valence-corrected chi connectivity index (χ4v) is 3.27. The van der Waals surface area contributed by atoms with Gasteiger partial charge in [0.05, 0.1) is 26.9 Å². The van der Waals surface area contributed by atoms with Crippen LogP contribution in [0.4, 0.5) is 5.69 Å². The van der Waals surface area contributed by atoms with Crippen molar-refractivity contribution in [1.82, 2.24) is 10.2 Å². The third-order valence-electron chi connectivity index (χ3n) is 4.61. The predicted octanol–water partition coefficient (Wildman–Crippen LogP) is 2.58. The van der Waals surface area contributed by atoms with Gasteiger partial charge in [-0.05, 0) is 45.4 Å². The van der Waals surface area contributed by atoms with Crippen LogP contribution in [0, 0.1) is 0 Å². The van der Waals surface area contributed by atoms with Crippen LogP contribution in [0.25, 0.3) is 0 Å². The molecule has 0 bridgehead atoms. The Labute approximate surface area is 163 Å². The van der Waals surface area contributed by atoms with E-state index in [2.05, 4.69) is 22.5 Å². The largest absolute Gasteiger partial charge is 0.493 e. The van der Waals surface area contributed by atoms with Crippen molar-refractivity contribution in [1.29, 1.82) is 0 Å². The van der Waals surface area contributed by atoms with E-state index in [9.17, 15) is 0 Å². The topological polar surface area (TPSA) is 67.4 Å². The molecule has 1 aliphatic heterocycles. The zero-order chi connectivity index (χ0) is 19.5. The molecule has 1 atom stereocenters. The summed E-state index contributed by atoms with van der Waals surface area (Å²) in [6, 6.07) is 6.29. The summed E-state index contributed by atoms with van der Waals surface area (Å²) in [5, 5.41) is 6.69. The number of hydrogen-bond acceptors (Lipinski definition) is 5. The standard InChI is InChI=1S/C20H34N4O3/c1-5-21-20(22-15-17-8-7-11-24(17)12-13-25-3)23-16-9-10-18(26-4)19(14-16)27-6-2/h9-10,14,17H,5-8,11-13,15H2,1-4H3,(H2,21,22,23). The monoisotopic (exact) mass is 378 g/mol. The van der Waals surface area contributed by atoms with Gasteiger partial charge in [-0.2, -0.15) is 0 Å². The molecule has 1 unspecified atom stereocenters. The van der Waals surface area contributed by atoms with Crippen LogP contribution in [0.1, 0.15) is 26.7 Å². The molecule has 0 aliphatic carbocycles. The molecule has 7 nitrogen and oxygen atoms in total. The lowest BCUT2D eigenvalue weighted by Gasteiger charge is -2.23. The maximum atomic E-state index is 5.66. The number of ether oxygens (including phenoxy) is 3. The van der Waals surface area contributed by atoms with E-state index in [0.717, 1.165) is 55.9 Å². The number of nitrogens with zero attached hydrogens (tertiary/aromatic N) is 2.